The van der Waals surface area contributed by atoms with Gasteiger partial charge in [0.15, 0.2) is 0 Å². The smallest absolute Gasteiger partial charge is 0.00324 e. The summed E-state index contributed by atoms with van der Waals surface area (Å²) in [6.07, 6.45) is 0. The van der Waals surface area contributed by atoms with Crippen molar-refractivity contribution in [2.75, 3.05) is 14.1 Å². The fourth-order valence-corrected chi connectivity index (χ4v) is 0. The third-order valence-electron chi connectivity index (χ3n) is 1.03. The van der Waals surface area contributed by atoms with E-state index >= 15 is 0 Å². The molecule has 0 bridgehead atoms. The summed E-state index contributed by atoms with van der Waals surface area (Å²) in [6.45, 7) is 4.33. The van der Waals surface area contributed by atoms with Crippen LogP contribution in [0.3, 0.4) is 0 Å². The molecule has 54 valence electrons. The first-order valence-electron chi connectivity index (χ1n) is 2.31. The van der Waals surface area contributed by atoms with Crippen molar-refractivity contribution in [3.8, 4) is 0 Å². The van der Waals surface area contributed by atoms with E-state index < -0.39 is 0 Å². The first-order chi connectivity index (χ1) is 2.64. The van der Waals surface area contributed by atoms with Gasteiger partial charge in [-0.1, -0.05) is 14.9 Å². The molecule has 0 aliphatic rings. The maximum absolute atomic E-state index is 2.17. The Labute approximate surface area is 54.7 Å². The standard InChI is InChI=1S/C5H13N.2CH4/c1-5(2)6(3)4;;/h5H,1-4H3;2*1H4. The van der Waals surface area contributed by atoms with E-state index in [1.165, 1.54) is 0 Å². The van der Waals surface area contributed by atoms with Gasteiger partial charge in [-0.2, -0.15) is 0 Å². The monoisotopic (exact) mass is 119 g/mol. The van der Waals surface area contributed by atoms with Gasteiger partial charge in [-0.25, -0.2) is 0 Å². The zero-order valence-electron chi connectivity index (χ0n) is 5.02. The summed E-state index contributed by atoms with van der Waals surface area (Å²) in [4.78, 5) is 2.17. The van der Waals surface area contributed by atoms with Crippen LogP contribution in [0.5, 0.6) is 0 Å². The largest absolute Gasteiger partial charge is 0.307 e. The Hall–Kier alpha value is -0.0400. The highest BCUT2D eigenvalue weighted by molar-refractivity contribution is 4.46. The topological polar surface area (TPSA) is 3.24 Å². The second kappa shape index (κ2) is 6.96. The maximum Gasteiger partial charge on any atom is 0.00324 e. The van der Waals surface area contributed by atoms with Crippen LogP contribution in [0.25, 0.3) is 0 Å². The van der Waals surface area contributed by atoms with Crippen LogP contribution in [0.1, 0.15) is 28.7 Å². The Morgan fingerprint density at radius 3 is 1.12 bits per heavy atom. The molecule has 8 heavy (non-hydrogen) atoms. The van der Waals surface area contributed by atoms with E-state index in [0.717, 1.165) is 0 Å². The third-order valence-corrected chi connectivity index (χ3v) is 1.03. The molecule has 0 amide bonds. The summed E-state index contributed by atoms with van der Waals surface area (Å²) in [5.41, 5.74) is 0. The van der Waals surface area contributed by atoms with Gasteiger partial charge >= 0.3 is 0 Å². The van der Waals surface area contributed by atoms with Crippen LogP contribution in [0.4, 0.5) is 0 Å². The number of rotatable bonds is 1. The highest BCUT2D eigenvalue weighted by Crippen LogP contribution is 1.84. The van der Waals surface area contributed by atoms with Crippen LogP contribution in [0, 0.1) is 0 Å². The summed E-state index contributed by atoms with van der Waals surface area (Å²) < 4.78 is 0. The molecule has 0 atom stereocenters. The molecule has 0 saturated carbocycles. The lowest BCUT2D eigenvalue weighted by atomic mass is 10.4. The molecular formula is C7H21N. The minimum atomic E-state index is 0. The van der Waals surface area contributed by atoms with E-state index in [4.69, 9.17) is 0 Å². The Kier molecular flexibility index (Phi) is 13.6. The number of nitrogens with zero attached hydrogens (tertiary/aromatic N) is 1. The zero-order valence-corrected chi connectivity index (χ0v) is 5.02. The van der Waals surface area contributed by atoms with Crippen molar-refractivity contribution in [3.05, 3.63) is 0 Å². The summed E-state index contributed by atoms with van der Waals surface area (Å²) in [7, 11) is 4.15. The van der Waals surface area contributed by atoms with Crippen LogP contribution in [0.15, 0.2) is 0 Å². The molecule has 1 nitrogen and oxygen atoms in total. The van der Waals surface area contributed by atoms with E-state index in [0.29, 0.717) is 6.04 Å². The molecule has 0 aliphatic carbocycles. The van der Waals surface area contributed by atoms with Crippen LogP contribution in [-0.4, -0.2) is 25.0 Å². The maximum atomic E-state index is 2.17. The van der Waals surface area contributed by atoms with Crippen molar-refractivity contribution >= 4 is 0 Å². The Bertz CT molecular complexity index is 25.4. The summed E-state index contributed by atoms with van der Waals surface area (Å²) in [6, 6.07) is 0.685. The molecule has 0 aromatic rings. The van der Waals surface area contributed by atoms with Crippen LogP contribution in [0.2, 0.25) is 0 Å². The van der Waals surface area contributed by atoms with Gasteiger partial charge in [0.2, 0.25) is 0 Å². The third kappa shape index (κ3) is 9.35. The lowest BCUT2D eigenvalue weighted by Crippen LogP contribution is -2.20. The molecule has 0 aromatic heterocycles. The van der Waals surface area contributed by atoms with Crippen molar-refractivity contribution in [1.29, 1.82) is 0 Å². The molecule has 0 radical (unpaired) electrons. The van der Waals surface area contributed by atoms with Gasteiger partial charge in [-0.3, -0.25) is 0 Å². The molecule has 0 fully saturated rings. The second-order valence-electron chi connectivity index (χ2n) is 2.06. The van der Waals surface area contributed by atoms with Crippen molar-refractivity contribution in [3.63, 3.8) is 0 Å². The number of hydrogen-bond acceptors (Lipinski definition) is 1. The summed E-state index contributed by atoms with van der Waals surface area (Å²) >= 11 is 0. The molecule has 0 aromatic carbocycles. The molecule has 0 aliphatic heterocycles. The average molecular weight is 119 g/mol. The highest BCUT2D eigenvalue weighted by Gasteiger charge is 1.90. The van der Waals surface area contributed by atoms with E-state index in [9.17, 15) is 0 Å². The Morgan fingerprint density at radius 2 is 1.12 bits per heavy atom. The van der Waals surface area contributed by atoms with Crippen molar-refractivity contribution in [2.45, 2.75) is 34.7 Å². The van der Waals surface area contributed by atoms with Crippen LogP contribution < -0.4 is 0 Å². The molecule has 1 heteroatoms. The Balaban J connectivity index is -0.000000125. The van der Waals surface area contributed by atoms with E-state index in [2.05, 4.69) is 32.8 Å². The summed E-state index contributed by atoms with van der Waals surface area (Å²) in [5, 5.41) is 0. The van der Waals surface area contributed by atoms with Crippen LogP contribution in [-0.2, 0) is 0 Å². The van der Waals surface area contributed by atoms with Gasteiger partial charge in [0.05, 0.1) is 0 Å². The SMILES string of the molecule is C.C.CC(C)N(C)C. The quantitative estimate of drug-likeness (QED) is 0.511. The molecule has 0 heterocycles. The molecule has 0 unspecified atom stereocenters. The van der Waals surface area contributed by atoms with Gasteiger partial charge in [0.1, 0.15) is 0 Å². The van der Waals surface area contributed by atoms with Crippen molar-refractivity contribution in [2.24, 2.45) is 0 Å². The molecule has 0 N–H and O–H groups in total. The number of hydrogen-bond donors (Lipinski definition) is 0. The van der Waals surface area contributed by atoms with E-state index in [1.807, 2.05) is 0 Å². The van der Waals surface area contributed by atoms with Gasteiger partial charge < -0.3 is 4.90 Å². The second-order valence-corrected chi connectivity index (χ2v) is 2.06. The fraction of sp³-hybridized carbons (Fsp3) is 1.00. The zero-order chi connectivity index (χ0) is 5.15. The Morgan fingerprint density at radius 1 is 1.00 bits per heavy atom. The van der Waals surface area contributed by atoms with Crippen molar-refractivity contribution < 1.29 is 0 Å². The first kappa shape index (κ1) is 15.7. The van der Waals surface area contributed by atoms with Gasteiger partial charge in [-0.05, 0) is 27.9 Å². The summed E-state index contributed by atoms with van der Waals surface area (Å²) in [5.74, 6) is 0. The normalized spacial score (nSPS) is 8.25. The predicted molar refractivity (Wildman–Crippen MR) is 42.3 cm³/mol. The lowest BCUT2D eigenvalue weighted by molar-refractivity contribution is 0.335. The molecule has 0 rings (SSSR count). The highest BCUT2D eigenvalue weighted by atomic mass is 15.1. The first-order valence-corrected chi connectivity index (χ1v) is 2.31. The molecule has 0 spiro atoms. The predicted octanol–water partition coefficient (Wildman–Crippen LogP) is 2.23. The van der Waals surface area contributed by atoms with Gasteiger partial charge in [-0.15, -0.1) is 0 Å². The van der Waals surface area contributed by atoms with Crippen molar-refractivity contribution in [1.82, 2.24) is 4.90 Å². The van der Waals surface area contributed by atoms with E-state index in [1.54, 1.807) is 0 Å². The fourth-order valence-electron chi connectivity index (χ4n) is 0. The minimum Gasteiger partial charge on any atom is -0.307 e. The average Bonchev–Trinajstić information content (AvgIpc) is 1.36. The molecular weight excluding hydrogens is 98.1 g/mol. The van der Waals surface area contributed by atoms with Gasteiger partial charge in [0, 0.05) is 6.04 Å². The minimum absolute atomic E-state index is 0. The lowest BCUT2D eigenvalue weighted by Gasteiger charge is -2.12. The van der Waals surface area contributed by atoms with Gasteiger partial charge in [0.25, 0.3) is 0 Å². The molecule has 0 saturated heterocycles. The van der Waals surface area contributed by atoms with Crippen LogP contribution >= 0.6 is 0 Å². The van der Waals surface area contributed by atoms with E-state index in [-0.39, 0.29) is 14.9 Å².